The molecule has 0 aromatic carbocycles. The summed E-state index contributed by atoms with van der Waals surface area (Å²) in [5.74, 6) is -2.37. The number of aliphatic carboxylic acids is 1. The Bertz CT molecular complexity index is 932. The van der Waals surface area contributed by atoms with E-state index in [9.17, 15) is 34.1 Å². The van der Waals surface area contributed by atoms with Crippen LogP contribution in [0.5, 0.6) is 0 Å². The van der Waals surface area contributed by atoms with Gasteiger partial charge in [0.25, 0.3) is 0 Å². The van der Waals surface area contributed by atoms with Crippen molar-refractivity contribution in [1.29, 1.82) is 0 Å². The standard InChI is InChI=1S/C39H74NO10P/c1-3-5-7-9-11-13-14-15-16-17-18-19-20-21-23-25-27-29-31-38(43)48-32-35(41)33-49-51(46,47)50-34-36(39(44)45)40-37(42)30-28-26-24-22-12-10-8-6-4-2/h16-17,35-36,41H,3-15,18-34H2,1-2H3,(H,40,42)(H,44,45)(H,46,47)/b17-16-. The third kappa shape index (κ3) is 35.0. The molecule has 0 aliphatic heterocycles. The quantitative estimate of drug-likeness (QED) is 0.0206. The predicted octanol–water partition coefficient (Wildman–Crippen LogP) is 9.72. The summed E-state index contributed by atoms with van der Waals surface area (Å²) in [6, 6.07) is -1.54. The van der Waals surface area contributed by atoms with E-state index in [-0.39, 0.29) is 12.8 Å². The molecule has 0 aliphatic rings. The SMILES string of the molecule is CCCCCCCCC/C=C\CCCCCCCCCC(=O)OCC(O)COP(=O)(O)OCC(NC(=O)CCCCCCCCCCC)C(=O)O. The molecular weight excluding hydrogens is 673 g/mol. The summed E-state index contributed by atoms with van der Waals surface area (Å²) < 4.78 is 26.7. The number of allylic oxidation sites excluding steroid dienone is 2. The Morgan fingerprint density at radius 3 is 1.49 bits per heavy atom. The highest BCUT2D eigenvalue weighted by Gasteiger charge is 2.28. The Hall–Kier alpha value is -1.78. The van der Waals surface area contributed by atoms with Crippen molar-refractivity contribution in [2.24, 2.45) is 0 Å². The average Bonchev–Trinajstić information content (AvgIpc) is 3.10. The van der Waals surface area contributed by atoms with E-state index in [0.29, 0.717) is 12.8 Å². The van der Waals surface area contributed by atoms with Gasteiger partial charge >= 0.3 is 19.8 Å². The summed E-state index contributed by atoms with van der Waals surface area (Å²) in [5.41, 5.74) is 0. The normalized spacial score (nSPS) is 14.0. The second-order valence-corrected chi connectivity index (χ2v) is 15.3. The molecule has 12 heteroatoms. The van der Waals surface area contributed by atoms with Crippen LogP contribution in [0.3, 0.4) is 0 Å². The van der Waals surface area contributed by atoms with Gasteiger partial charge in [-0.2, -0.15) is 0 Å². The van der Waals surface area contributed by atoms with Crippen molar-refractivity contribution in [1.82, 2.24) is 5.32 Å². The van der Waals surface area contributed by atoms with Gasteiger partial charge in [0.1, 0.15) is 12.7 Å². The van der Waals surface area contributed by atoms with E-state index in [0.717, 1.165) is 44.9 Å². The lowest BCUT2D eigenvalue weighted by Crippen LogP contribution is -2.43. The summed E-state index contributed by atoms with van der Waals surface area (Å²) >= 11 is 0. The molecule has 1 amide bonds. The number of esters is 1. The highest BCUT2D eigenvalue weighted by Crippen LogP contribution is 2.43. The van der Waals surface area contributed by atoms with Gasteiger partial charge in [-0.1, -0.05) is 148 Å². The molecule has 0 radical (unpaired) electrons. The van der Waals surface area contributed by atoms with Crippen molar-refractivity contribution in [2.45, 2.75) is 199 Å². The number of ether oxygens (including phenoxy) is 1. The molecule has 0 rings (SSSR count). The number of amides is 1. The number of carboxylic acids is 1. The van der Waals surface area contributed by atoms with Gasteiger partial charge < -0.3 is 25.2 Å². The average molecular weight is 748 g/mol. The van der Waals surface area contributed by atoms with E-state index < -0.39 is 57.6 Å². The summed E-state index contributed by atoms with van der Waals surface area (Å²) in [6.45, 7) is 2.55. The molecule has 0 aliphatic carbocycles. The smallest absolute Gasteiger partial charge is 0.472 e. The minimum atomic E-state index is -4.74. The van der Waals surface area contributed by atoms with Crippen molar-refractivity contribution in [3.8, 4) is 0 Å². The monoisotopic (exact) mass is 748 g/mol. The van der Waals surface area contributed by atoms with E-state index >= 15 is 0 Å². The van der Waals surface area contributed by atoms with Crippen LogP contribution in [-0.4, -0.2) is 64.9 Å². The van der Waals surface area contributed by atoms with E-state index in [1.165, 1.54) is 103 Å². The Balaban J connectivity index is 3.87. The topological polar surface area (TPSA) is 169 Å². The fourth-order valence-corrected chi connectivity index (χ4v) is 6.38. The first-order valence-corrected chi connectivity index (χ1v) is 21.7. The Kier molecular flexibility index (Phi) is 34.0. The number of hydrogen-bond donors (Lipinski definition) is 4. The van der Waals surface area contributed by atoms with Crippen molar-refractivity contribution in [2.75, 3.05) is 19.8 Å². The van der Waals surface area contributed by atoms with E-state index in [4.69, 9.17) is 13.8 Å². The van der Waals surface area contributed by atoms with Crippen LogP contribution in [0.2, 0.25) is 0 Å². The molecule has 0 fully saturated rings. The number of carbonyl (C=O) groups is 3. The highest BCUT2D eigenvalue weighted by molar-refractivity contribution is 7.47. The zero-order valence-electron chi connectivity index (χ0n) is 32.2. The molecule has 3 atom stereocenters. The molecular formula is C39H74NO10P. The van der Waals surface area contributed by atoms with Gasteiger partial charge in [-0.3, -0.25) is 18.6 Å². The van der Waals surface area contributed by atoms with Gasteiger partial charge in [0.15, 0.2) is 6.04 Å². The second-order valence-electron chi connectivity index (χ2n) is 13.8. The van der Waals surface area contributed by atoms with Crippen LogP contribution in [0.4, 0.5) is 0 Å². The lowest BCUT2D eigenvalue weighted by atomic mass is 10.1. The molecule has 0 heterocycles. The first-order chi connectivity index (χ1) is 24.6. The number of aliphatic hydroxyl groups is 1. The van der Waals surface area contributed by atoms with Crippen molar-refractivity contribution in [3.05, 3.63) is 12.2 Å². The molecule has 3 unspecified atom stereocenters. The zero-order valence-corrected chi connectivity index (χ0v) is 33.1. The minimum absolute atomic E-state index is 0.148. The minimum Gasteiger partial charge on any atom is -0.480 e. The number of phosphoric acid groups is 1. The fraction of sp³-hybridized carbons (Fsp3) is 0.872. The third-order valence-electron chi connectivity index (χ3n) is 8.80. The summed E-state index contributed by atoms with van der Waals surface area (Å²) in [7, 11) is -4.74. The second kappa shape index (κ2) is 35.3. The lowest BCUT2D eigenvalue weighted by Gasteiger charge is -2.18. The largest absolute Gasteiger partial charge is 0.480 e. The summed E-state index contributed by atoms with van der Waals surface area (Å²) in [4.78, 5) is 45.6. The summed E-state index contributed by atoms with van der Waals surface area (Å²) in [5, 5.41) is 21.7. The van der Waals surface area contributed by atoms with Crippen molar-refractivity contribution < 1.29 is 47.8 Å². The van der Waals surface area contributed by atoms with Gasteiger partial charge in [0.2, 0.25) is 5.91 Å². The van der Waals surface area contributed by atoms with Crippen molar-refractivity contribution >= 4 is 25.7 Å². The van der Waals surface area contributed by atoms with Crippen LogP contribution in [0.1, 0.15) is 187 Å². The molecule has 0 spiro atoms. The van der Waals surface area contributed by atoms with Gasteiger partial charge in [-0.25, -0.2) is 9.36 Å². The predicted molar refractivity (Wildman–Crippen MR) is 203 cm³/mol. The zero-order chi connectivity index (χ0) is 37.8. The van der Waals surface area contributed by atoms with E-state index in [1.54, 1.807) is 0 Å². The van der Waals surface area contributed by atoms with Gasteiger partial charge in [-0.05, 0) is 38.5 Å². The van der Waals surface area contributed by atoms with Crippen LogP contribution in [0.25, 0.3) is 0 Å². The molecule has 0 aromatic heterocycles. The molecule has 0 saturated carbocycles. The van der Waals surface area contributed by atoms with Crippen LogP contribution < -0.4 is 5.32 Å². The van der Waals surface area contributed by atoms with Crippen molar-refractivity contribution in [3.63, 3.8) is 0 Å². The number of carbonyl (C=O) groups excluding carboxylic acids is 2. The Morgan fingerprint density at radius 1 is 0.608 bits per heavy atom. The van der Waals surface area contributed by atoms with Crippen LogP contribution in [-0.2, 0) is 32.7 Å². The highest BCUT2D eigenvalue weighted by atomic mass is 31.2. The maximum absolute atomic E-state index is 12.2. The van der Waals surface area contributed by atoms with E-state index in [1.807, 2.05) is 0 Å². The molecule has 0 aromatic rings. The van der Waals surface area contributed by atoms with Gasteiger partial charge in [0, 0.05) is 12.8 Å². The first-order valence-electron chi connectivity index (χ1n) is 20.2. The van der Waals surface area contributed by atoms with Crippen LogP contribution in [0.15, 0.2) is 12.2 Å². The first kappa shape index (κ1) is 49.2. The number of carboxylic acid groups (broad SMARTS) is 1. The number of hydrogen-bond acceptors (Lipinski definition) is 8. The lowest BCUT2D eigenvalue weighted by molar-refractivity contribution is -0.147. The number of phosphoric ester groups is 1. The molecule has 0 saturated heterocycles. The molecule has 300 valence electrons. The molecule has 4 N–H and O–H groups in total. The van der Waals surface area contributed by atoms with Gasteiger partial charge in [0.05, 0.1) is 13.2 Å². The maximum atomic E-state index is 12.2. The number of nitrogens with one attached hydrogen (secondary N) is 1. The molecule has 51 heavy (non-hydrogen) atoms. The maximum Gasteiger partial charge on any atom is 0.472 e. The fourth-order valence-electron chi connectivity index (χ4n) is 5.60. The van der Waals surface area contributed by atoms with Crippen LogP contribution in [0, 0.1) is 0 Å². The van der Waals surface area contributed by atoms with E-state index in [2.05, 4.69) is 31.3 Å². The third-order valence-corrected chi connectivity index (χ3v) is 9.76. The number of aliphatic hydroxyl groups excluding tert-OH is 1. The number of rotatable bonds is 38. The Morgan fingerprint density at radius 2 is 1.02 bits per heavy atom. The Labute approximate surface area is 309 Å². The van der Waals surface area contributed by atoms with Crippen LogP contribution >= 0.6 is 7.82 Å². The summed E-state index contributed by atoms with van der Waals surface area (Å²) in [6.07, 6.45) is 32.5. The van der Waals surface area contributed by atoms with Gasteiger partial charge in [-0.15, -0.1) is 0 Å². The molecule has 11 nitrogen and oxygen atoms in total. The number of unbranched alkanes of at least 4 members (excludes halogenated alkanes) is 22. The molecule has 0 bridgehead atoms.